The molecule has 2 aromatic heterocycles. The zero-order chi connectivity index (χ0) is 19.3. The van der Waals surface area contributed by atoms with Crippen molar-refractivity contribution >= 4 is 28.8 Å². The van der Waals surface area contributed by atoms with Gasteiger partial charge in [0.05, 0.1) is 12.5 Å². The van der Waals surface area contributed by atoms with E-state index in [4.69, 9.17) is 0 Å². The van der Waals surface area contributed by atoms with Crippen LogP contribution in [0.3, 0.4) is 0 Å². The number of aryl methyl sites for hydroxylation is 3. The van der Waals surface area contributed by atoms with Crippen molar-refractivity contribution in [2.24, 2.45) is 7.05 Å². The zero-order valence-corrected chi connectivity index (χ0v) is 15.0. The summed E-state index contributed by atoms with van der Waals surface area (Å²) in [5.41, 5.74) is 1.13. The number of carboxylic acids is 1. The van der Waals surface area contributed by atoms with E-state index in [9.17, 15) is 19.5 Å². The van der Waals surface area contributed by atoms with Crippen molar-refractivity contribution in [2.45, 2.75) is 26.4 Å². The number of nitrogens with zero attached hydrogens (tertiary/aromatic N) is 5. The first-order chi connectivity index (χ1) is 12.9. The van der Waals surface area contributed by atoms with Crippen molar-refractivity contribution in [3.63, 3.8) is 0 Å². The molecule has 27 heavy (non-hydrogen) atoms. The maximum Gasteiger partial charge on any atom is 0.332 e. The van der Waals surface area contributed by atoms with Crippen LogP contribution < -0.4 is 21.3 Å². The normalized spacial score (nSPS) is 13.8. The molecule has 0 bridgehead atoms. The summed E-state index contributed by atoms with van der Waals surface area (Å²) in [4.78, 5) is 42.8. The highest BCUT2D eigenvalue weighted by atomic mass is 16.4. The van der Waals surface area contributed by atoms with E-state index in [-0.39, 0.29) is 11.2 Å². The summed E-state index contributed by atoms with van der Waals surface area (Å²) in [5.74, 6) is -0.923. The minimum atomic E-state index is -1.49. The maximum atomic E-state index is 12.8. The fourth-order valence-electron chi connectivity index (χ4n) is 3.57. The van der Waals surface area contributed by atoms with Crippen LogP contribution in [0.1, 0.15) is 12.0 Å². The highest BCUT2D eigenvalue weighted by Gasteiger charge is 2.26. The van der Waals surface area contributed by atoms with Crippen LogP contribution >= 0.6 is 0 Å². The van der Waals surface area contributed by atoms with E-state index in [1.54, 1.807) is 4.57 Å². The Hall–Kier alpha value is -3.36. The van der Waals surface area contributed by atoms with Gasteiger partial charge in [0.1, 0.15) is 0 Å². The number of aliphatic carboxylic acids is 1. The SMILES string of the molecule is Cc1cccc(N2CCCn3c2nc2c3c(=O)n(CC(=O)[O-])c(=O)n2C)c1. The van der Waals surface area contributed by atoms with Crippen LogP contribution in [-0.2, 0) is 24.9 Å². The first kappa shape index (κ1) is 17.1. The third-order valence-corrected chi connectivity index (χ3v) is 4.82. The van der Waals surface area contributed by atoms with E-state index >= 15 is 0 Å². The number of hydrogen-bond acceptors (Lipinski definition) is 6. The van der Waals surface area contributed by atoms with Crippen LogP contribution in [0, 0.1) is 6.92 Å². The van der Waals surface area contributed by atoms with Crippen molar-refractivity contribution in [2.75, 3.05) is 11.4 Å². The first-order valence-corrected chi connectivity index (χ1v) is 8.62. The van der Waals surface area contributed by atoms with Gasteiger partial charge in [0.2, 0.25) is 5.95 Å². The Labute approximate surface area is 153 Å². The van der Waals surface area contributed by atoms with Gasteiger partial charge in [-0.3, -0.25) is 13.9 Å². The molecule has 9 heteroatoms. The molecule has 0 saturated heterocycles. The molecule has 0 N–H and O–H groups in total. The minimum absolute atomic E-state index is 0.228. The molecular formula is C18H18N5O4-. The summed E-state index contributed by atoms with van der Waals surface area (Å²) in [6, 6.07) is 7.95. The van der Waals surface area contributed by atoms with Gasteiger partial charge in [-0.1, -0.05) is 12.1 Å². The second-order valence-corrected chi connectivity index (χ2v) is 6.68. The Morgan fingerprint density at radius 3 is 2.74 bits per heavy atom. The van der Waals surface area contributed by atoms with Gasteiger partial charge >= 0.3 is 5.69 Å². The summed E-state index contributed by atoms with van der Waals surface area (Å²) in [6.07, 6.45) is 0.787. The van der Waals surface area contributed by atoms with Gasteiger partial charge in [-0.15, -0.1) is 0 Å². The number of carboxylic acid groups (broad SMARTS) is 1. The number of imidazole rings is 1. The molecule has 0 aliphatic carbocycles. The molecule has 1 aliphatic rings. The molecule has 1 aliphatic heterocycles. The number of carbonyl (C=O) groups excluding carboxylic acids is 1. The Morgan fingerprint density at radius 2 is 2.04 bits per heavy atom. The number of hydrogen-bond donors (Lipinski definition) is 0. The molecule has 0 atom stereocenters. The van der Waals surface area contributed by atoms with Crippen molar-refractivity contribution in [3.05, 3.63) is 50.7 Å². The minimum Gasteiger partial charge on any atom is -0.548 e. The second kappa shape index (κ2) is 6.11. The molecule has 1 aromatic carbocycles. The van der Waals surface area contributed by atoms with E-state index in [0.717, 1.165) is 24.2 Å². The van der Waals surface area contributed by atoms with Gasteiger partial charge in [-0.2, -0.15) is 4.98 Å². The highest BCUT2D eigenvalue weighted by molar-refractivity contribution is 5.77. The number of benzene rings is 1. The van der Waals surface area contributed by atoms with Crippen molar-refractivity contribution in [3.8, 4) is 0 Å². The summed E-state index contributed by atoms with van der Waals surface area (Å²) in [5, 5.41) is 11.0. The summed E-state index contributed by atoms with van der Waals surface area (Å²) >= 11 is 0. The molecular weight excluding hydrogens is 350 g/mol. The fourth-order valence-corrected chi connectivity index (χ4v) is 3.57. The van der Waals surface area contributed by atoms with Crippen molar-refractivity contribution in [1.82, 2.24) is 18.7 Å². The van der Waals surface area contributed by atoms with Crippen LogP contribution in [0.25, 0.3) is 11.2 Å². The van der Waals surface area contributed by atoms with E-state index in [0.29, 0.717) is 17.1 Å². The van der Waals surface area contributed by atoms with Gasteiger partial charge in [0, 0.05) is 25.8 Å². The lowest BCUT2D eigenvalue weighted by Gasteiger charge is -2.29. The fraction of sp³-hybridized carbons (Fsp3) is 0.333. The van der Waals surface area contributed by atoms with Gasteiger partial charge < -0.3 is 19.4 Å². The second-order valence-electron chi connectivity index (χ2n) is 6.68. The smallest absolute Gasteiger partial charge is 0.332 e. The number of fused-ring (bicyclic) bond motifs is 3. The predicted octanol–water partition coefficient (Wildman–Crippen LogP) is -0.503. The number of carbonyl (C=O) groups is 1. The van der Waals surface area contributed by atoms with Gasteiger partial charge in [0.15, 0.2) is 11.2 Å². The van der Waals surface area contributed by atoms with E-state index < -0.39 is 23.8 Å². The Balaban J connectivity index is 2.00. The molecule has 0 amide bonds. The largest absolute Gasteiger partial charge is 0.548 e. The molecule has 0 fully saturated rings. The molecule has 9 nitrogen and oxygen atoms in total. The first-order valence-electron chi connectivity index (χ1n) is 8.62. The summed E-state index contributed by atoms with van der Waals surface area (Å²) < 4.78 is 3.65. The lowest BCUT2D eigenvalue weighted by Crippen LogP contribution is -2.44. The third kappa shape index (κ3) is 2.62. The van der Waals surface area contributed by atoms with E-state index in [1.807, 2.05) is 36.1 Å². The molecule has 4 rings (SSSR count). The predicted molar refractivity (Wildman–Crippen MR) is 97.0 cm³/mol. The van der Waals surface area contributed by atoms with E-state index in [2.05, 4.69) is 4.98 Å². The zero-order valence-electron chi connectivity index (χ0n) is 15.0. The number of rotatable bonds is 3. The third-order valence-electron chi connectivity index (χ3n) is 4.82. The molecule has 0 unspecified atom stereocenters. The Morgan fingerprint density at radius 1 is 1.26 bits per heavy atom. The lowest BCUT2D eigenvalue weighted by molar-refractivity contribution is -0.306. The maximum absolute atomic E-state index is 12.8. The molecule has 0 saturated carbocycles. The van der Waals surface area contributed by atoms with Crippen molar-refractivity contribution < 1.29 is 9.90 Å². The standard InChI is InChI=1S/C18H19N5O4/c1-11-5-3-6-12(9-11)21-7-4-8-22-14-15(19-17(21)22)20(2)18(27)23(16(14)26)10-13(24)25/h3,5-6,9H,4,7-8,10H2,1-2H3,(H,24,25)/p-1. The Bertz CT molecular complexity index is 1190. The van der Waals surface area contributed by atoms with Crippen LogP contribution in [0.2, 0.25) is 0 Å². The number of aromatic nitrogens is 4. The summed E-state index contributed by atoms with van der Waals surface area (Å²) in [7, 11) is 1.48. The number of anilines is 2. The van der Waals surface area contributed by atoms with Crippen LogP contribution in [0.4, 0.5) is 11.6 Å². The molecule has 140 valence electrons. The average Bonchev–Trinajstić information content (AvgIpc) is 3.03. The van der Waals surface area contributed by atoms with Gasteiger partial charge in [0.25, 0.3) is 5.56 Å². The van der Waals surface area contributed by atoms with Crippen LogP contribution in [0.5, 0.6) is 0 Å². The van der Waals surface area contributed by atoms with Crippen LogP contribution in [-0.4, -0.2) is 31.2 Å². The molecule has 3 aromatic rings. The van der Waals surface area contributed by atoms with Gasteiger partial charge in [-0.05, 0) is 31.0 Å². The monoisotopic (exact) mass is 368 g/mol. The van der Waals surface area contributed by atoms with Crippen LogP contribution in [0.15, 0.2) is 33.9 Å². The lowest BCUT2D eigenvalue weighted by atomic mass is 10.2. The molecule has 3 heterocycles. The topological polar surface area (TPSA) is 105 Å². The molecule has 0 radical (unpaired) electrons. The average molecular weight is 368 g/mol. The van der Waals surface area contributed by atoms with Crippen molar-refractivity contribution in [1.29, 1.82) is 0 Å². The van der Waals surface area contributed by atoms with E-state index in [1.165, 1.54) is 11.6 Å². The summed E-state index contributed by atoms with van der Waals surface area (Å²) in [6.45, 7) is 2.50. The quantitative estimate of drug-likeness (QED) is 0.617. The Kier molecular flexibility index (Phi) is 3.87. The molecule has 0 spiro atoms. The van der Waals surface area contributed by atoms with Gasteiger partial charge in [-0.25, -0.2) is 4.79 Å². The highest BCUT2D eigenvalue weighted by Crippen LogP contribution is 2.31.